The molecule has 0 unspecified atom stereocenters. The van der Waals surface area contributed by atoms with Crippen LogP contribution in [0.5, 0.6) is 0 Å². The van der Waals surface area contributed by atoms with E-state index in [0.29, 0.717) is 28.7 Å². The van der Waals surface area contributed by atoms with Crippen LogP contribution in [0.1, 0.15) is 16.2 Å². The van der Waals surface area contributed by atoms with Crippen molar-refractivity contribution < 1.29 is 4.79 Å². The predicted molar refractivity (Wildman–Crippen MR) is 91.5 cm³/mol. The van der Waals surface area contributed by atoms with E-state index in [1.54, 1.807) is 42.6 Å². The molecular weight excluding hydrogens is 334 g/mol. The molecule has 0 fully saturated rings. The molecule has 3 aromatic heterocycles. The lowest BCUT2D eigenvalue weighted by Crippen LogP contribution is -2.13. The van der Waals surface area contributed by atoms with Gasteiger partial charge in [-0.2, -0.15) is 5.10 Å². The van der Waals surface area contributed by atoms with Gasteiger partial charge in [0, 0.05) is 17.3 Å². The van der Waals surface area contributed by atoms with Crippen molar-refractivity contribution in [1.82, 2.24) is 40.4 Å². The molecule has 128 valence electrons. The second-order valence-corrected chi connectivity index (χ2v) is 5.43. The van der Waals surface area contributed by atoms with Gasteiger partial charge in [-0.15, -0.1) is 5.10 Å². The number of hydrogen-bond acceptors (Lipinski definition) is 7. The highest BCUT2D eigenvalue weighted by Crippen LogP contribution is 2.18. The van der Waals surface area contributed by atoms with Gasteiger partial charge in [-0.3, -0.25) is 9.89 Å². The van der Waals surface area contributed by atoms with Gasteiger partial charge in [0.05, 0.1) is 5.69 Å². The molecule has 1 amide bonds. The number of aryl methyl sites for hydroxylation is 1. The summed E-state index contributed by atoms with van der Waals surface area (Å²) in [5, 5.41) is 20.7. The van der Waals surface area contributed by atoms with Crippen LogP contribution in [0.25, 0.3) is 17.1 Å². The van der Waals surface area contributed by atoms with Crippen LogP contribution in [-0.4, -0.2) is 46.3 Å². The van der Waals surface area contributed by atoms with Gasteiger partial charge in [-0.1, -0.05) is 6.07 Å². The summed E-state index contributed by atoms with van der Waals surface area (Å²) in [4.78, 5) is 21.0. The lowest BCUT2D eigenvalue weighted by Gasteiger charge is -2.07. The Balaban J connectivity index is 1.56. The molecule has 10 heteroatoms. The summed E-state index contributed by atoms with van der Waals surface area (Å²) in [7, 11) is 0. The Morgan fingerprint density at radius 2 is 2.15 bits per heavy atom. The summed E-state index contributed by atoms with van der Waals surface area (Å²) >= 11 is 0. The summed E-state index contributed by atoms with van der Waals surface area (Å²) < 4.78 is 1.47. The van der Waals surface area contributed by atoms with Crippen molar-refractivity contribution in [3.63, 3.8) is 0 Å². The van der Waals surface area contributed by atoms with Crippen LogP contribution in [0.2, 0.25) is 0 Å². The number of aromatic amines is 1. The molecule has 0 saturated carbocycles. The fraction of sp³-hybridized carbons (Fsp3) is 0.0625. The summed E-state index contributed by atoms with van der Waals surface area (Å²) in [5.74, 6) is 1.36. The first-order valence-corrected chi connectivity index (χ1v) is 7.69. The highest BCUT2D eigenvalue weighted by molar-refractivity contribution is 6.04. The maximum atomic E-state index is 12.5. The third-order valence-electron chi connectivity index (χ3n) is 3.58. The third-order valence-corrected chi connectivity index (χ3v) is 3.58. The summed E-state index contributed by atoms with van der Waals surface area (Å²) in [5.41, 5.74) is 1.89. The number of nitrogens with one attached hydrogen (secondary N) is 2. The van der Waals surface area contributed by atoms with E-state index in [4.69, 9.17) is 0 Å². The quantitative estimate of drug-likeness (QED) is 0.571. The molecule has 0 saturated heterocycles. The van der Waals surface area contributed by atoms with Gasteiger partial charge in [0.25, 0.3) is 5.91 Å². The van der Waals surface area contributed by atoms with Crippen LogP contribution in [0, 0.1) is 6.92 Å². The van der Waals surface area contributed by atoms with Gasteiger partial charge in [0.2, 0.25) is 0 Å². The van der Waals surface area contributed by atoms with E-state index in [-0.39, 0.29) is 5.91 Å². The minimum Gasteiger partial charge on any atom is -0.307 e. The first-order valence-electron chi connectivity index (χ1n) is 7.69. The lowest BCUT2D eigenvalue weighted by atomic mass is 10.2. The molecule has 0 aliphatic rings. The van der Waals surface area contributed by atoms with Crippen molar-refractivity contribution in [2.45, 2.75) is 6.92 Å². The van der Waals surface area contributed by atoms with Crippen LogP contribution in [0.15, 0.2) is 48.9 Å². The minimum atomic E-state index is -0.296. The molecule has 0 aliphatic heterocycles. The van der Waals surface area contributed by atoms with E-state index < -0.39 is 0 Å². The van der Waals surface area contributed by atoms with Crippen molar-refractivity contribution >= 4 is 11.7 Å². The number of H-pyrrole nitrogens is 1. The zero-order valence-electron chi connectivity index (χ0n) is 13.7. The lowest BCUT2D eigenvalue weighted by molar-refractivity contribution is 0.102. The Bertz CT molecular complexity index is 1060. The van der Waals surface area contributed by atoms with Crippen molar-refractivity contribution in [2.75, 3.05) is 5.32 Å². The number of pyridine rings is 1. The average Bonchev–Trinajstić information content (AvgIpc) is 3.34. The molecule has 10 nitrogen and oxygen atoms in total. The second-order valence-electron chi connectivity index (χ2n) is 5.43. The molecule has 1 aromatic carbocycles. The Labute approximate surface area is 147 Å². The summed E-state index contributed by atoms with van der Waals surface area (Å²) in [6.07, 6.45) is 3.05. The Hall–Kier alpha value is -3.95. The highest BCUT2D eigenvalue weighted by atomic mass is 16.1. The summed E-state index contributed by atoms with van der Waals surface area (Å²) in [6.45, 7) is 1.82. The van der Waals surface area contributed by atoms with E-state index in [1.807, 2.05) is 6.92 Å². The third kappa shape index (κ3) is 3.15. The van der Waals surface area contributed by atoms with E-state index >= 15 is 0 Å². The number of anilines is 1. The molecule has 4 rings (SSSR count). The Morgan fingerprint density at radius 1 is 1.23 bits per heavy atom. The number of nitrogens with zero attached hydrogens (tertiary/aromatic N) is 7. The van der Waals surface area contributed by atoms with Crippen molar-refractivity contribution in [3.05, 3.63) is 60.3 Å². The Morgan fingerprint density at radius 3 is 2.92 bits per heavy atom. The van der Waals surface area contributed by atoms with E-state index in [1.165, 1.54) is 11.0 Å². The predicted octanol–water partition coefficient (Wildman–Crippen LogP) is 1.40. The van der Waals surface area contributed by atoms with Gasteiger partial charge in [-0.05, 0) is 47.7 Å². The van der Waals surface area contributed by atoms with Gasteiger partial charge >= 0.3 is 0 Å². The van der Waals surface area contributed by atoms with Crippen LogP contribution in [0.4, 0.5) is 5.82 Å². The number of tetrazole rings is 1. The monoisotopic (exact) mass is 347 g/mol. The smallest absolute Gasteiger partial charge is 0.256 e. The maximum absolute atomic E-state index is 12.5. The maximum Gasteiger partial charge on any atom is 0.256 e. The van der Waals surface area contributed by atoms with Crippen molar-refractivity contribution in [2.24, 2.45) is 0 Å². The molecule has 0 spiro atoms. The van der Waals surface area contributed by atoms with Crippen LogP contribution in [-0.2, 0) is 0 Å². The van der Waals surface area contributed by atoms with Gasteiger partial charge < -0.3 is 5.32 Å². The van der Waals surface area contributed by atoms with Crippen molar-refractivity contribution in [3.8, 4) is 17.1 Å². The van der Waals surface area contributed by atoms with E-state index in [0.717, 1.165) is 5.56 Å². The SMILES string of the molecule is Cc1nc(-c2ccnc(NC(=O)c3cccc(-n4cnnn4)c3)c2)n[nH]1. The minimum absolute atomic E-state index is 0.296. The number of hydrogen-bond donors (Lipinski definition) is 2. The van der Waals surface area contributed by atoms with Crippen LogP contribution in [0.3, 0.4) is 0 Å². The molecule has 0 atom stereocenters. The fourth-order valence-corrected chi connectivity index (χ4v) is 2.37. The number of rotatable bonds is 4. The van der Waals surface area contributed by atoms with Crippen LogP contribution >= 0.6 is 0 Å². The largest absolute Gasteiger partial charge is 0.307 e. The molecule has 3 heterocycles. The molecule has 4 aromatic rings. The standard InChI is InChI=1S/C16H13N9O/c1-10-19-15(22-21-10)11-5-6-17-14(8-11)20-16(26)12-3-2-4-13(7-12)25-9-18-23-24-25/h2-9H,1H3,(H,17,20,26)(H,19,21,22). The normalized spacial score (nSPS) is 10.7. The number of carbonyl (C=O) groups is 1. The Kier molecular flexibility index (Phi) is 3.90. The van der Waals surface area contributed by atoms with Crippen LogP contribution < -0.4 is 5.32 Å². The molecular formula is C16H13N9O. The van der Waals surface area contributed by atoms with Crippen molar-refractivity contribution in [1.29, 1.82) is 0 Å². The number of benzene rings is 1. The molecule has 0 radical (unpaired) electrons. The number of carbonyl (C=O) groups excluding carboxylic acids is 1. The van der Waals surface area contributed by atoms with E-state index in [2.05, 4.69) is 41.0 Å². The van der Waals surface area contributed by atoms with Gasteiger partial charge in [-0.25, -0.2) is 14.6 Å². The highest BCUT2D eigenvalue weighted by Gasteiger charge is 2.11. The molecule has 0 bridgehead atoms. The molecule has 26 heavy (non-hydrogen) atoms. The summed E-state index contributed by atoms with van der Waals surface area (Å²) in [6, 6.07) is 10.4. The topological polar surface area (TPSA) is 127 Å². The average molecular weight is 347 g/mol. The first-order chi connectivity index (χ1) is 12.7. The number of amides is 1. The molecule has 0 aliphatic carbocycles. The zero-order chi connectivity index (χ0) is 17.9. The second kappa shape index (κ2) is 6.51. The van der Waals surface area contributed by atoms with Gasteiger partial charge in [0.15, 0.2) is 5.82 Å². The first kappa shape index (κ1) is 15.6. The van der Waals surface area contributed by atoms with E-state index in [9.17, 15) is 4.79 Å². The fourth-order valence-electron chi connectivity index (χ4n) is 2.37. The van der Waals surface area contributed by atoms with Gasteiger partial charge in [0.1, 0.15) is 18.0 Å². The zero-order valence-corrected chi connectivity index (χ0v) is 13.7. The molecule has 2 N–H and O–H groups in total. The number of aromatic nitrogens is 8.